The highest BCUT2D eigenvalue weighted by atomic mass is 16.5. The lowest BCUT2D eigenvalue weighted by atomic mass is 10.1. The van der Waals surface area contributed by atoms with E-state index in [9.17, 15) is 0 Å². The van der Waals surface area contributed by atoms with Crippen LogP contribution in [-0.2, 0) is 0 Å². The third-order valence-electron chi connectivity index (χ3n) is 2.92. The van der Waals surface area contributed by atoms with Crippen molar-refractivity contribution < 1.29 is 9.47 Å². The SMILES string of the molecule is COc1ccc(OC)c(C(C)=NNc2ccccc2)c1. The van der Waals surface area contributed by atoms with E-state index in [2.05, 4.69) is 10.5 Å². The summed E-state index contributed by atoms with van der Waals surface area (Å²) >= 11 is 0. The molecule has 0 saturated heterocycles. The van der Waals surface area contributed by atoms with Crippen molar-refractivity contribution in [1.29, 1.82) is 0 Å². The molecule has 0 radical (unpaired) electrons. The monoisotopic (exact) mass is 270 g/mol. The number of rotatable bonds is 5. The van der Waals surface area contributed by atoms with E-state index in [4.69, 9.17) is 9.47 Å². The fourth-order valence-corrected chi connectivity index (χ4v) is 1.82. The molecule has 104 valence electrons. The molecule has 0 heterocycles. The highest BCUT2D eigenvalue weighted by Gasteiger charge is 2.08. The summed E-state index contributed by atoms with van der Waals surface area (Å²) < 4.78 is 10.6. The van der Waals surface area contributed by atoms with Crippen molar-refractivity contribution >= 4 is 11.4 Å². The Morgan fingerprint density at radius 1 is 1.00 bits per heavy atom. The number of hydrazone groups is 1. The Morgan fingerprint density at radius 3 is 2.40 bits per heavy atom. The van der Waals surface area contributed by atoms with Crippen LogP contribution in [0.3, 0.4) is 0 Å². The molecule has 0 spiro atoms. The molecular weight excluding hydrogens is 252 g/mol. The Labute approximate surface area is 119 Å². The number of hydrogen-bond donors (Lipinski definition) is 1. The first kappa shape index (κ1) is 13.9. The quantitative estimate of drug-likeness (QED) is 0.667. The van der Waals surface area contributed by atoms with Crippen molar-refractivity contribution in [1.82, 2.24) is 0 Å². The molecule has 0 bridgehead atoms. The molecule has 20 heavy (non-hydrogen) atoms. The molecule has 0 aliphatic carbocycles. The molecule has 2 aromatic rings. The summed E-state index contributed by atoms with van der Waals surface area (Å²) in [5.74, 6) is 1.54. The summed E-state index contributed by atoms with van der Waals surface area (Å²) in [7, 11) is 3.28. The van der Waals surface area contributed by atoms with E-state index < -0.39 is 0 Å². The second-order valence-corrected chi connectivity index (χ2v) is 4.24. The third kappa shape index (κ3) is 3.29. The molecule has 1 N–H and O–H groups in total. The zero-order valence-corrected chi connectivity index (χ0v) is 11.9. The molecule has 4 nitrogen and oxygen atoms in total. The van der Waals surface area contributed by atoms with E-state index in [1.165, 1.54) is 0 Å². The standard InChI is InChI=1S/C16H18N2O2/c1-12(17-18-13-7-5-4-6-8-13)15-11-14(19-2)9-10-16(15)20-3/h4-11,18H,1-3H3. The van der Waals surface area contributed by atoms with Gasteiger partial charge in [-0.3, -0.25) is 5.43 Å². The minimum atomic E-state index is 0.766. The molecule has 2 aromatic carbocycles. The van der Waals surface area contributed by atoms with E-state index in [0.717, 1.165) is 28.5 Å². The maximum atomic E-state index is 5.35. The lowest BCUT2D eigenvalue weighted by Gasteiger charge is -2.10. The van der Waals surface area contributed by atoms with E-state index in [1.807, 2.05) is 55.5 Å². The first-order valence-electron chi connectivity index (χ1n) is 6.32. The maximum absolute atomic E-state index is 5.35. The third-order valence-corrected chi connectivity index (χ3v) is 2.92. The second kappa shape index (κ2) is 6.61. The summed E-state index contributed by atoms with van der Waals surface area (Å²) in [6.45, 7) is 1.92. The molecule has 0 aliphatic rings. The van der Waals surface area contributed by atoms with Crippen molar-refractivity contribution in [2.45, 2.75) is 6.92 Å². The van der Waals surface area contributed by atoms with Crippen LogP contribution in [0.25, 0.3) is 0 Å². The van der Waals surface area contributed by atoms with Gasteiger partial charge in [0.15, 0.2) is 0 Å². The van der Waals surface area contributed by atoms with Crippen LogP contribution in [-0.4, -0.2) is 19.9 Å². The second-order valence-electron chi connectivity index (χ2n) is 4.24. The van der Waals surface area contributed by atoms with Crippen molar-refractivity contribution in [3.8, 4) is 11.5 Å². The van der Waals surface area contributed by atoms with Crippen molar-refractivity contribution in [2.75, 3.05) is 19.6 Å². The van der Waals surface area contributed by atoms with Gasteiger partial charge in [-0.25, -0.2) is 0 Å². The average molecular weight is 270 g/mol. The summed E-state index contributed by atoms with van der Waals surface area (Å²) in [6.07, 6.45) is 0. The molecule has 4 heteroatoms. The summed E-state index contributed by atoms with van der Waals surface area (Å²) in [4.78, 5) is 0. The van der Waals surface area contributed by atoms with Gasteiger partial charge in [-0.2, -0.15) is 5.10 Å². The van der Waals surface area contributed by atoms with Gasteiger partial charge in [-0.1, -0.05) is 18.2 Å². The van der Waals surface area contributed by atoms with E-state index >= 15 is 0 Å². The zero-order chi connectivity index (χ0) is 14.4. The Hall–Kier alpha value is -2.49. The molecule has 2 rings (SSSR count). The molecule has 0 aliphatic heterocycles. The molecule has 0 atom stereocenters. The minimum Gasteiger partial charge on any atom is -0.497 e. The smallest absolute Gasteiger partial charge is 0.128 e. The zero-order valence-electron chi connectivity index (χ0n) is 11.9. The minimum absolute atomic E-state index is 0.766. The van der Waals surface area contributed by atoms with Gasteiger partial charge in [0.05, 0.1) is 25.6 Å². The maximum Gasteiger partial charge on any atom is 0.128 e. The van der Waals surface area contributed by atoms with Crippen molar-refractivity contribution in [3.63, 3.8) is 0 Å². The van der Waals surface area contributed by atoms with Crippen molar-refractivity contribution in [3.05, 3.63) is 54.1 Å². The number of ether oxygens (including phenoxy) is 2. The van der Waals surface area contributed by atoms with Crippen LogP contribution in [0.15, 0.2) is 53.6 Å². The number of anilines is 1. The first-order valence-corrected chi connectivity index (χ1v) is 6.32. The molecule has 0 amide bonds. The van der Waals surface area contributed by atoms with Crippen LogP contribution in [0.5, 0.6) is 11.5 Å². The number of hydrogen-bond acceptors (Lipinski definition) is 4. The highest BCUT2D eigenvalue weighted by Crippen LogP contribution is 2.24. The van der Waals surface area contributed by atoms with E-state index in [0.29, 0.717) is 0 Å². The first-order chi connectivity index (χ1) is 9.74. The van der Waals surface area contributed by atoms with Gasteiger partial charge in [-0.05, 0) is 37.3 Å². The van der Waals surface area contributed by atoms with Crippen LogP contribution in [0, 0.1) is 0 Å². The average Bonchev–Trinajstić information content (AvgIpc) is 2.52. The van der Waals surface area contributed by atoms with Gasteiger partial charge in [0, 0.05) is 5.56 Å². The normalized spacial score (nSPS) is 11.1. The molecule has 0 aromatic heterocycles. The molecule has 0 saturated carbocycles. The van der Waals surface area contributed by atoms with Gasteiger partial charge >= 0.3 is 0 Å². The van der Waals surface area contributed by atoms with Crippen LogP contribution < -0.4 is 14.9 Å². The number of nitrogens with zero attached hydrogens (tertiary/aromatic N) is 1. The van der Waals surface area contributed by atoms with Gasteiger partial charge in [0.2, 0.25) is 0 Å². The number of methoxy groups -OCH3 is 2. The van der Waals surface area contributed by atoms with E-state index in [-0.39, 0.29) is 0 Å². The van der Waals surface area contributed by atoms with Gasteiger partial charge < -0.3 is 9.47 Å². The summed E-state index contributed by atoms with van der Waals surface area (Å²) in [5.41, 5.74) is 5.68. The Balaban J connectivity index is 2.25. The number of para-hydroxylation sites is 1. The molecule has 0 fully saturated rings. The number of nitrogens with one attached hydrogen (secondary N) is 1. The predicted molar refractivity (Wildman–Crippen MR) is 81.8 cm³/mol. The van der Waals surface area contributed by atoms with Crippen LogP contribution in [0.1, 0.15) is 12.5 Å². The van der Waals surface area contributed by atoms with Crippen molar-refractivity contribution in [2.24, 2.45) is 5.10 Å². The lowest BCUT2D eigenvalue weighted by molar-refractivity contribution is 0.402. The fraction of sp³-hybridized carbons (Fsp3) is 0.188. The van der Waals surface area contributed by atoms with E-state index in [1.54, 1.807) is 14.2 Å². The van der Waals surface area contributed by atoms with Gasteiger partial charge in [0.1, 0.15) is 11.5 Å². The van der Waals surface area contributed by atoms with Crippen LogP contribution in [0.4, 0.5) is 5.69 Å². The van der Waals surface area contributed by atoms with Crippen LogP contribution >= 0.6 is 0 Å². The predicted octanol–water partition coefficient (Wildman–Crippen LogP) is 3.54. The Kier molecular flexibility index (Phi) is 4.60. The summed E-state index contributed by atoms with van der Waals surface area (Å²) in [6, 6.07) is 15.4. The molecular formula is C16H18N2O2. The van der Waals surface area contributed by atoms with Gasteiger partial charge in [-0.15, -0.1) is 0 Å². The Morgan fingerprint density at radius 2 is 1.75 bits per heavy atom. The lowest BCUT2D eigenvalue weighted by Crippen LogP contribution is -2.03. The topological polar surface area (TPSA) is 42.9 Å². The Bertz CT molecular complexity index is 595. The highest BCUT2D eigenvalue weighted by molar-refractivity contribution is 6.01. The van der Waals surface area contributed by atoms with Crippen LogP contribution in [0.2, 0.25) is 0 Å². The van der Waals surface area contributed by atoms with Gasteiger partial charge in [0.25, 0.3) is 0 Å². The molecule has 0 unspecified atom stereocenters. The summed E-state index contributed by atoms with van der Waals surface area (Å²) in [5, 5.41) is 4.38. The number of benzene rings is 2. The fourth-order valence-electron chi connectivity index (χ4n) is 1.82. The largest absolute Gasteiger partial charge is 0.497 e.